The number of nitrogens with one attached hydrogen (secondary N) is 4. The minimum atomic E-state index is -1.14. The first-order valence-corrected chi connectivity index (χ1v) is 20.1. The van der Waals surface area contributed by atoms with Crippen molar-refractivity contribution in [3.05, 3.63) is 204 Å². The molecule has 2 amide bonds. The summed E-state index contributed by atoms with van der Waals surface area (Å²) in [7, 11) is 0. The number of ether oxygens (including phenoxy) is 2. The molecule has 0 saturated heterocycles. The zero-order valence-electron chi connectivity index (χ0n) is 34.2. The Morgan fingerprint density at radius 1 is 0.500 bits per heavy atom. The van der Waals surface area contributed by atoms with Crippen LogP contribution in [-0.4, -0.2) is 67.1 Å². The van der Waals surface area contributed by atoms with E-state index in [1.165, 1.54) is 24.3 Å². The molecule has 6 N–H and O–H groups in total. The number of aromatic carboxylic acids is 2. The molecule has 6 aromatic carbocycles. The molecule has 8 rings (SSSR count). The molecule has 14 heteroatoms. The van der Waals surface area contributed by atoms with E-state index in [-0.39, 0.29) is 22.6 Å². The first-order valence-electron chi connectivity index (χ1n) is 20.1. The summed E-state index contributed by atoms with van der Waals surface area (Å²) < 4.78 is 12.0. The van der Waals surface area contributed by atoms with Gasteiger partial charge in [-0.05, 0) is 90.0 Å². The standard InChI is InChI=1S/2C25H21N3O4/c29-24(18-4-3-5-19(14-18)25(30)31)28-20-10-8-17(9-11-20)12-13-32-23-7-2-1-6-21(23)22-15-26-16-27-22;29-24(19-5-1-2-6-20(19)25(30)31)28-18-11-9-17(10-12-18)13-14-32-23-8-4-3-7-21(23)22-15-26-16-27-22/h1-11,14-16H,12-13H2,(H,26,27)(H,28,29)(H,30,31);1-12,15-16H,13-14H2,(H,26,27)(H,28,29)(H,30,31). The molecule has 64 heavy (non-hydrogen) atoms. The zero-order valence-corrected chi connectivity index (χ0v) is 34.2. The van der Waals surface area contributed by atoms with Gasteiger partial charge in [-0.3, -0.25) is 9.59 Å². The van der Waals surface area contributed by atoms with E-state index in [0.717, 1.165) is 45.1 Å². The lowest BCUT2D eigenvalue weighted by molar-refractivity contribution is 0.0684. The molecule has 2 heterocycles. The van der Waals surface area contributed by atoms with Crippen LogP contribution in [0.3, 0.4) is 0 Å². The number of nitrogens with zero attached hydrogens (tertiary/aromatic N) is 2. The highest BCUT2D eigenvalue weighted by Crippen LogP contribution is 2.29. The van der Waals surface area contributed by atoms with Crippen molar-refractivity contribution >= 4 is 35.1 Å². The number of hydrogen-bond acceptors (Lipinski definition) is 8. The number of imidazole rings is 2. The van der Waals surface area contributed by atoms with Crippen molar-refractivity contribution in [2.45, 2.75) is 12.8 Å². The van der Waals surface area contributed by atoms with Crippen LogP contribution in [0.4, 0.5) is 11.4 Å². The Hall–Kier alpha value is -8.78. The van der Waals surface area contributed by atoms with Gasteiger partial charge in [-0.15, -0.1) is 0 Å². The van der Waals surface area contributed by atoms with E-state index < -0.39 is 17.8 Å². The molecular formula is C50H42N6O8. The van der Waals surface area contributed by atoms with Crippen LogP contribution in [0.5, 0.6) is 11.5 Å². The summed E-state index contributed by atoms with van der Waals surface area (Å²) >= 11 is 0. The number of carbonyl (C=O) groups is 4. The van der Waals surface area contributed by atoms with Crippen molar-refractivity contribution in [1.82, 2.24) is 19.9 Å². The Balaban J connectivity index is 0.000000191. The van der Waals surface area contributed by atoms with Crippen molar-refractivity contribution in [2.75, 3.05) is 23.8 Å². The average Bonchev–Trinajstić information content (AvgIpc) is 4.07. The van der Waals surface area contributed by atoms with Crippen LogP contribution in [-0.2, 0) is 12.8 Å². The minimum absolute atomic E-state index is 0.0332. The number of benzene rings is 6. The zero-order chi connectivity index (χ0) is 44.7. The van der Waals surface area contributed by atoms with Crippen molar-refractivity contribution < 1.29 is 38.9 Å². The van der Waals surface area contributed by atoms with Crippen molar-refractivity contribution in [2.24, 2.45) is 0 Å². The third-order valence-corrected chi connectivity index (χ3v) is 9.84. The number of carbonyl (C=O) groups excluding carboxylic acids is 2. The molecule has 0 saturated carbocycles. The van der Waals surface area contributed by atoms with Gasteiger partial charge in [-0.2, -0.15) is 0 Å². The first kappa shape index (κ1) is 43.3. The fourth-order valence-electron chi connectivity index (χ4n) is 6.57. The number of H-pyrrole nitrogens is 2. The summed E-state index contributed by atoms with van der Waals surface area (Å²) in [5, 5.41) is 23.9. The van der Waals surface area contributed by atoms with E-state index in [2.05, 4.69) is 30.6 Å². The van der Waals surface area contributed by atoms with Gasteiger partial charge in [0.1, 0.15) is 11.5 Å². The minimum Gasteiger partial charge on any atom is -0.493 e. The van der Waals surface area contributed by atoms with Crippen molar-refractivity contribution in [3.8, 4) is 34.0 Å². The van der Waals surface area contributed by atoms with E-state index in [1.54, 1.807) is 61.4 Å². The maximum Gasteiger partial charge on any atom is 0.336 e. The van der Waals surface area contributed by atoms with Gasteiger partial charge in [0.15, 0.2) is 0 Å². The van der Waals surface area contributed by atoms with E-state index in [9.17, 15) is 24.3 Å². The summed E-state index contributed by atoms with van der Waals surface area (Å²) in [6.45, 7) is 0.988. The second-order valence-corrected chi connectivity index (χ2v) is 14.2. The van der Waals surface area contributed by atoms with Crippen LogP contribution < -0.4 is 20.1 Å². The molecule has 8 aromatic rings. The van der Waals surface area contributed by atoms with Gasteiger partial charge in [0.25, 0.3) is 11.8 Å². The number of rotatable bonds is 16. The molecule has 0 aliphatic heterocycles. The molecule has 14 nitrogen and oxygen atoms in total. The number of aromatic nitrogens is 4. The number of hydrogen-bond donors (Lipinski definition) is 6. The van der Waals surface area contributed by atoms with Crippen LogP contribution in [0.1, 0.15) is 52.6 Å². The highest BCUT2D eigenvalue weighted by Gasteiger charge is 2.16. The number of anilines is 2. The lowest BCUT2D eigenvalue weighted by atomic mass is 10.1. The fourth-order valence-corrected chi connectivity index (χ4v) is 6.57. The maximum absolute atomic E-state index is 12.5. The number of carboxylic acid groups (broad SMARTS) is 2. The van der Waals surface area contributed by atoms with E-state index in [0.29, 0.717) is 43.0 Å². The van der Waals surface area contributed by atoms with Crippen LogP contribution in [0.25, 0.3) is 22.5 Å². The quantitative estimate of drug-likeness (QED) is 0.0543. The maximum atomic E-state index is 12.5. The lowest BCUT2D eigenvalue weighted by Crippen LogP contribution is -2.16. The number of carboxylic acids is 2. The number of aromatic amines is 2. The molecule has 0 atom stereocenters. The number of amides is 2. The second kappa shape index (κ2) is 21.1. The summed E-state index contributed by atoms with van der Waals surface area (Å²) in [6, 6.07) is 42.5. The van der Waals surface area contributed by atoms with Gasteiger partial charge < -0.3 is 40.3 Å². The molecule has 0 unspecified atom stereocenters. The van der Waals surface area contributed by atoms with Gasteiger partial charge in [-0.25, -0.2) is 19.6 Å². The predicted molar refractivity (Wildman–Crippen MR) is 242 cm³/mol. The Labute approximate surface area is 367 Å². The van der Waals surface area contributed by atoms with Crippen LogP contribution in [0, 0.1) is 0 Å². The molecule has 0 aliphatic carbocycles. The van der Waals surface area contributed by atoms with E-state index >= 15 is 0 Å². The molecule has 0 bridgehead atoms. The van der Waals surface area contributed by atoms with Gasteiger partial charge in [-0.1, -0.05) is 66.7 Å². The highest BCUT2D eigenvalue weighted by atomic mass is 16.5. The molecule has 0 fully saturated rings. The largest absolute Gasteiger partial charge is 0.493 e. The molecule has 0 aliphatic rings. The highest BCUT2D eigenvalue weighted by molar-refractivity contribution is 6.10. The van der Waals surface area contributed by atoms with Crippen LogP contribution >= 0.6 is 0 Å². The third-order valence-electron chi connectivity index (χ3n) is 9.84. The van der Waals surface area contributed by atoms with Crippen molar-refractivity contribution in [3.63, 3.8) is 0 Å². The van der Waals surface area contributed by atoms with E-state index in [4.69, 9.17) is 14.6 Å². The van der Waals surface area contributed by atoms with Crippen LogP contribution in [0.2, 0.25) is 0 Å². The summed E-state index contributed by atoms with van der Waals surface area (Å²) in [4.78, 5) is 61.6. The molecule has 2 aromatic heterocycles. The predicted octanol–water partition coefficient (Wildman–Crippen LogP) is 9.30. The Kier molecular flexibility index (Phi) is 14.3. The van der Waals surface area contributed by atoms with Crippen LogP contribution in [0.15, 0.2) is 171 Å². The normalized spacial score (nSPS) is 10.5. The molecule has 0 spiro atoms. The average molecular weight is 855 g/mol. The summed E-state index contributed by atoms with van der Waals surface area (Å²) in [5.74, 6) is -1.48. The fraction of sp³-hybridized carbons (Fsp3) is 0.0800. The van der Waals surface area contributed by atoms with Gasteiger partial charge in [0, 0.05) is 40.9 Å². The smallest absolute Gasteiger partial charge is 0.336 e. The molecular weight excluding hydrogens is 813 g/mol. The Bertz CT molecular complexity index is 2830. The van der Waals surface area contributed by atoms with Gasteiger partial charge >= 0.3 is 11.9 Å². The summed E-state index contributed by atoms with van der Waals surface area (Å²) in [6.07, 6.45) is 8.17. The monoisotopic (exact) mass is 854 g/mol. The molecule has 0 radical (unpaired) electrons. The number of para-hydroxylation sites is 2. The first-order chi connectivity index (χ1) is 31.2. The van der Waals surface area contributed by atoms with E-state index in [1.807, 2.05) is 84.9 Å². The Morgan fingerprint density at radius 3 is 1.45 bits per heavy atom. The SMILES string of the molecule is O=C(O)c1cccc(C(=O)Nc2ccc(CCOc3ccccc3-c3cnc[nH]3)cc2)c1.O=C(O)c1ccccc1C(=O)Nc1ccc(CCOc2ccccc2-c2cnc[nH]2)cc1. The lowest BCUT2D eigenvalue weighted by Gasteiger charge is -2.11. The second-order valence-electron chi connectivity index (χ2n) is 14.2. The van der Waals surface area contributed by atoms with Gasteiger partial charge in [0.2, 0.25) is 0 Å². The van der Waals surface area contributed by atoms with Crippen molar-refractivity contribution in [1.29, 1.82) is 0 Å². The molecule has 320 valence electrons. The Morgan fingerprint density at radius 2 is 0.969 bits per heavy atom. The summed E-state index contributed by atoms with van der Waals surface area (Å²) in [5.41, 5.74) is 7.47. The third kappa shape index (κ3) is 11.5. The van der Waals surface area contributed by atoms with Gasteiger partial charge in [0.05, 0.1) is 66.3 Å². The topological polar surface area (TPSA) is 209 Å².